The van der Waals surface area contributed by atoms with Crippen LogP contribution in [0.2, 0.25) is 0 Å². The molecule has 0 aromatic rings. The topological polar surface area (TPSA) is 61.8 Å². The molecule has 5 nitrogen and oxygen atoms in total. The molecule has 0 aliphatic heterocycles. The van der Waals surface area contributed by atoms with Gasteiger partial charge in [-0.1, -0.05) is 6.42 Å². The van der Waals surface area contributed by atoms with Gasteiger partial charge in [0.2, 0.25) is 5.60 Å². The summed E-state index contributed by atoms with van der Waals surface area (Å²) in [4.78, 5) is 23.2. The van der Waals surface area contributed by atoms with Crippen LogP contribution >= 0.6 is 0 Å². The summed E-state index contributed by atoms with van der Waals surface area (Å²) < 4.78 is 15.6. The van der Waals surface area contributed by atoms with E-state index in [2.05, 4.69) is 0 Å². The molecular formula is C12H20O5. The summed E-state index contributed by atoms with van der Waals surface area (Å²) in [5.41, 5.74) is -1.26. The standard InChI is InChI=1S/C12H20O5/c1-4-16-11(14)12(17-9(2)13)8-6-5-7-10(12)15-3/h10H,4-8H2,1-3H3. The molecule has 17 heavy (non-hydrogen) atoms. The van der Waals surface area contributed by atoms with Crippen LogP contribution in [0.3, 0.4) is 0 Å². The molecule has 1 aliphatic rings. The van der Waals surface area contributed by atoms with E-state index in [1.807, 2.05) is 0 Å². The van der Waals surface area contributed by atoms with E-state index in [-0.39, 0.29) is 6.61 Å². The van der Waals surface area contributed by atoms with Gasteiger partial charge in [0.15, 0.2) is 0 Å². The monoisotopic (exact) mass is 244 g/mol. The van der Waals surface area contributed by atoms with Crippen LogP contribution in [0, 0.1) is 0 Å². The van der Waals surface area contributed by atoms with Crippen molar-refractivity contribution in [2.45, 2.75) is 51.2 Å². The molecule has 1 fully saturated rings. The number of carbonyl (C=O) groups is 2. The first kappa shape index (κ1) is 14.0. The lowest BCUT2D eigenvalue weighted by Gasteiger charge is -2.39. The summed E-state index contributed by atoms with van der Waals surface area (Å²) in [6, 6.07) is 0. The van der Waals surface area contributed by atoms with Crippen molar-refractivity contribution in [1.82, 2.24) is 0 Å². The molecule has 1 saturated carbocycles. The van der Waals surface area contributed by atoms with E-state index in [0.717, 1.165) is 12.8 Å². The zero-order valence-electron chi connectivity index (χ0n) is 10.7. The summed E-state index contributed by atoms with van der Waals surface area (Å²) in [6.45, 7) is 3.28. The van der Waals surface area contributed by atoms with E-state index in [0.29, 0.717) is 12.8 Å². The van der Waals surface area contributed by atoms with Crippen molar-refractivity contribution < 1.29 is 23.8 Å². The minimum absolute atomic E-state index is 0.262. The van der Waals surface area contributed by atoms with Crippen LogP contribution in [0.15, 0.2) is 0 Å². The van der Waals surface area contributed by atoms with E-state index in [9.17, 15) is 9.59 Å². The van der Waals surface area contributed by atoms with Crippen LogP contribution in [0.4, 0.5) is 0 Å². The average molecular weight is 244 g/mol. The molecule has 0 amide bonds. The molecule has 2 atom stereocenters. The largest absolute Gasteiger partial charge is 0.463 e. The quantitative estimate of drug-likeness (QED) is 0.700. The molecule has 0 N–H and O–H groups in total. The maximum atomic E-state index is 12.0. The van der Waals surface area contributed by atoms with E-state index < -0.39 is 23.6 Å². The first-order valence-electron chi connectivity index (χ1n) is 5.96. The Hall–Kier alpha value is -1.10. The Morgan fingerprint density at radius 1 is 1.35 bits per heavy atom. The summed E-state index contributed by atoms with van der Waals surface area (Å²) in [7, 11) is 1.52. The van der Waals surface area contributed by atoms with Crippen molar-refractivity contribution in [3.63, 3.8) is 0 Å². The van der Waals surface area contributed by atoms with Crippen molar-refractivity contribution in [2.75, 3.05) is 13.7 Å². The average Bonchev–Trinajstić information content (AvgIpc) is 2.29. The lowest BCUT2D eigenvalue weighted by Crippen LogP contribution is -2.56. The van der Waals surface area contributed by atoms with Crippen LogP contribution in [0.1, 0.15) is 39.5 Å². The molecular weight excluding hydrogens is 224 g/mol. The van der Waals surface area contributed by atoms with E-state index in [1.54, 1.807) is 6.92 Å². The molecule has 98 valence electrons. The third kappa shape index (κ3) is 2.97. The summed E-state index contributed by atoms with van der Waals surface area (Å²) in [6.07, 6.45) is 2.53. The van der Waals surface area contributed by atoms with E-state index >= 15 is 0 Å². The van der Waals surface area contributed by atoms with Gasteiger partial charge in [-0.2, -0.15) is 0 Å². The number of carbonyl (C=O) groups excluding carboxylic acids is 2. The fourth-order valence-electron chi connectivity index (χ4n) is 2.32. The molecule has 0 saturated heterocycles. The van der Waals surface area contributed by atoms with Gasteiger partial charge in [0.05, 0.1) is 6.61 Å². The van der Waals surface area contributed by atoms with Gasteiger partial charge in [-0.3, -0.25) is 4.79 Å². The van der Waals surface area contributed by atoms with Crippen molar-refractivity contribution >= 4 is 11.9 Å². The van der Waals surface area contributed by atoms with E-state index in [4.69, 9.17) is 14.2 Å². The lowest BCUT2D eigenvalue weighted by molar-refractivity contribution is -0.203. The van der Waals surface area contributed by atoms with Gasteiger partial charge in [0, 0.05) is 20.5 Å². The zero-order valence-corrected chi connectivity index (χ0v) is 10.7. The highest BCUT2D eigenvalue weighted by molar-refractivity contribution is 5.84. The molecule has 1 rings (SSSR count). The van der Waals surface area contributed by atoms with Crippen LogP contribution in [-0.2, 0) is 23.8 Å². The number of hydrogen-bond donors (Lipinski definition) is 0. The molecule has 5 heteroatoms. The van der Waals surface area contributed by atoms with E-state index in [1.165, 1.54) is 14.0 Å². The molecule has 0 aromatic heterocycles. The Kier molecular flexibility index (Phi) is 4.93. The minimum atomic E-state index is -1.26. The Labute approximate surface area is 101 Å². The van der Waals surface area contributed by atoms with Gasteiger partial charge in [0.25, 0.3) is 0 Å². The molecule has 0 heterocycles. The van der Waals surface area contributed by atoms with Crippen LogP contribution in [-0.4, -0.2) is 37.4 Å². The van der Waals surface area contributed by atoms with Gasteiger partial charge >= 0.3 is 11.9 Å². The highest BCUT2D eigenvalue weighted by atomic mass is 16.6. The predicted molar refractivity (Wildman–Crippen MR) is 60.4 cm³/mol. The zero-order chi connectivity index (χ0) is 12.9. The van der Waals surface area contributed by atoms with Gasteiger partial charge in [-0.25, -0.2) is 4.79 Å². The highest BCUT2D eigenvalue weighted by Crippen LogP contribution is 2.35. The number of esters is 2. The van der Waals surface area contributed by atoms with Crippen LogP contribution in [0.5, 0.6) is 0 Å². The predicted octanol–water partition coefficient (Wildman–Crippen LogP) is 1.44. The number of hydrogen-bond acceptors (Lipinski definition) is 5. The summed E-state index contributed by atoms with van der Waals surface area (Å²) in [5.74, 6) is -0.983. The highest BCUT2D eigenvalue weighted by Gasteiger charge is 2.52. The van der Waals surface area contributed by atoms with Crippen LogP contribution < -0.4 is 0 Å². The van der Waals surface area contributed by atoms with Crippen molar-refractivity contribution in [2.24, 2.45) is 0 Å². The Bertz CT molecular complexity index is 289. The second kappa shape index (κ2) is 6.00. The summed E-state index contributed by atoms with van der Waals surface area (Å²) in [5, 5.41) is 0. The fraction of sp³-hybridized carbons (Fsp3) is 0.833. The first-order valence-corrected chi connectivity index (χ1v) is 5.96. The molecule has 0 bridgehead atoms. The minimum Gasteiger partial charge on any atom is -0.463 e. The number of methoxy groups -OCH3 is 1. The maximum absolute atomic E-state index is 12.0. The second-order valence-electron chi connectivity index (χ2n) is 4.17. The normalized spacial score (nSPS) is 28.5. The van der Waals surface area contributed by atoms with Gasteiger partial charge in [0.1, 0.15) is 6.10 Å². The molecule has 0 radical (unpaired) electrons. The van der Waals surface area contributed by atoms with Gasteiger partial charge < -0.3 is 14.2 Å². The smallest absolute Gasteiger partial charge is 0.353 e. The van der Waals surface area contributed by atoms with Crippen LogP contribution in [0.25, 0.3) is 0 Å². The fourth-order valence-corrected chi connectivity index (χ4v) is 2.32. The number of rotatable bonds is 4. The van der Waals surface area contributed by atoms with Gasteiger partial charge in [-0.15, -0.1) is 0 Å². The third-order valence-electron chi connectivity index (χ3n) is 3.02. The van der Waals surface area contributed by atoms with Gasteiger partial charge in [-0.05, 0) is 19.8 Å². The lowest BCUT2D eigenvalue weighted by atomic mass is 9.81. The maximum Gasteiger partial charge on any atom is 0.353 e. The van der Waals surface area contributed by atoms with Crippen molar-refractivity contribution in [1.29, 1.82) is 0 Å². The SMILES string of the molecule is CCOC(=O)C1(OC(C)=O)CCCCC1OC. The Morgan fingerprint density at radius 3 is 2.59 bits per heavy atom. The second-order valence-corrected chi connectivity index (χ2v) is 4.17. The molecule has 0 spiro atoms. The number of ether oxygens (including phenoxy) is 3. The summed E-state index contributed by atoms with van der Waals surface area (Å²) >= 11 is 0. The Morgan fingerprint density at radius 2 is 2.06 bits per heavy atom. The molecule has 2 unspecified atom stereocenters. The molecule has 1 aliphatic carbocycles. The Balaban J connectivity index is 2.96. The molecule has 0 aromatic carbocycles. The van der Waals surface area contributed by atoms with Crippen molar-refractivity contribution in [3.8, 4) is 0 Å². The first-order chi connectivity index (χ1) is 8.06. The third-order valence-corrected chi connectivity index (χ3v) is 3.02. The van der Waals surface area contributed by atoms with Crippen molar-refractivity contribution in [3.05, 3.63) is 0 Å².